The van der Waals surface area contributed by atoms with Gasteiger partial charge in [-0.3, -0.25) is 4.79 Å². The highest BCUT2D eigenvalue weighted by molar-refractivity contribution is 6.35. The van der Waals surface area contributed by atoms with Crippen LogP contribution in [0.5, 0.6) is 0 Å². The predicted octanol–water partition coefficient (Wildman–Crippen LogP) is 6.11. The third-order valence-corrected chi connectivity index (χ3v) is 4.70. The highest BCUT2D eigenvalue weighted by atomic mass is 35.5. The first-order valence-corrected chi connectivity index (χ1v) is 8.92. The van der Waals surface area contributed by atoms with Crippen LogP contribution in [0, 0.1) is 12.7 Å². The molecule has 7 heteroatoms. The number of anilines is 2. The number of halogens is 3. The van der Waals surface area contributed by atoms with Crippen molar-refractivity contribution < 1.29 is 19.1 Å². The van der Waals surface area contributed by atoms with Crippen LogP contribution in [0.3, 0.4) is 0 Å². The molecular weight excluding hydrogens is 404 g/mol. The topological polar surface area (TPSA) is 66.4 Å². The van der Waals surface area contributed by atoms with Crippen molar-refractivity contribution in [2.45, 2.75) is 6.92 Å². The molecule has 0 atom stereocenters. The Labute approximate surface area is 170 Å². The summed E-state index contributed by atoms with van der Waals surface area (Å²) >= 11 is 12.0. The van der Waals surface area contributed by atoms with Crippen molar-refractivity contribution in [3.05, 3.63) is 92.7 Å². The molecule has 3 aromatic rings. The van der Waals surface area contributed by atoms with E-state index in [0.29, 0.717) is 11.3 Å². The van der Waals surface area contributed by atoms with E-state index in [2.05, 4.69) is 5.32 Å². The first kappa shape index (κ1) is 19.9. The van der Waals surface area contributed by atoms with E-state index >= 15 is 0 Å². The minimum Gasteiger partial charge on any atom is -0.478 e. The van der Waals surface area contributed by atoms with Crippen LogP contribution in [0.4, 0.5) is 15.8 Å². The van der Waals surface area contributed by atoms with Gasteiger partial charge in [0.2, 0.25) is 0 Å². The van der Waals surface area contributed by atoms with E-state index in [0.717, 1.165) is 0 Å². The average Bonchev–Trinajstić information content (AvgIpc) is 2.64. The molecule has 0 amide bonds. The standard InChI is InChI=1S/C21H14Cl2FNO3/c1-11-2-3-12(21(27)28)8-16(11)20(26)15-6-5-14(10-17(15)23)25-19-7-4-13(22)9-18(19)24/h2-10,25H,1H3,(H,27,28). The minimum atomic E-state index is -1.12. The largest absolute Gasteiger partial charge is 0.478 e. The van der Waals surface area contributed by atoms with Gasteiger partial charge in [-0.1, -0.05) is 29.3 Å². The van der Waals surface area contributed by atoms with E-state index in [4.69, 9.17) is 28.3 Å². The fraction of sp³-hybridized carbons (Fsp3) is 0.0476. The number of aromatic carboxylic acids is 1. The van der Waals surface area contributed by atoms with E-state index in [1.807, 2.05) is 0 Å². The van der Waals surface area contributed by atoms with Gasteiger partial charge in [-0.05, 0) is 61.0 Å². The molecule has 0 unspecified atom stereocenters. The summed E-state index contributed by atoms with van der Waals surface area (Å²) in [5.74, 6) is -2.04. The van der Waals surface area contributed by atoms with Gasteiger partial charge in [0.1, 0.15) is 5.82 Å². The Bertz CT molecular complexity index is 1100. The molecule has 0 aliphatic heterocycles. The fourth-order valence-corrected chi connectivity index (χ4v) is 3.09. The van der Waals surface area contributed by atoms with Crippen LogP contribution in [0.2, 0.25) is 10.0 Å². The number of carbonyl (C=O) groups excluding carboxylic acids is 1. The number of hydrogen-bond acceptors (Lipinski definition) is 3. The maximum Gasteiger partial charge on any atom is 0.335 e. The second-order valence-corrected chi connectivity index (χ2v) is 6.95. The smallest absolute Gasteiger partial charge is 0.335 e. The van der Waals surface area contributed by atoms with Crippen LogP contribution >= 0.6 is 23.2 Å². The third-order valence-electron chi connectivity index (χ3n) is 4.15. The summed E-state index contributed by atoms with van der Waals surface area (Å²) in [6.45, 7) is 1.71. The number of hydrogen-bond donors (Lipinski definition) is 2. The predicted molar refractivity (Wildman–Crippen MR) is 108 cm³/mol. The molecule has 0 aromatic heterocycles. The van der Waals surface area contributed by atoms with Crippen LogP contribution in [0.25, 0.3) is 0 Å². The first-order valence-electron chi connectivity index (χ1n) is 8.16. The highest BCUT2D eigenvalue weighted by Crippen LogP contribution is 2.28. The number of aryl methyl sites for hydroxylation is 1. The summed E-state index contributed by atoms with van der Waals surface area (Å²) in [5.41, 5.74) is 1.82. The quantitative estimate of drug-likeness (QED) is 0.491. The van der Waals surface area contributed by atoms with Crippen molar-refractivity contribution in [2.24, 2.45) is 0 Å². The molecule has 0 radical (unpaired) electrons. The van der Waals surface area contributed by atoms with E-state index < -0.39 is 17.6 Å². The van der Waals surface area contributed by atoms with Crippen molar-refractivity contribution in [1.82, 2.24) is 0 Å². The zero-order chi connectivity index (χ0) is 20.4. The van der Waals surface area contributed by atoms with E-state index in [9.17, 15) is 14.0 Å². The molecule has 3 aromatic carbocycles. The van der Waals surface area contributed by atoms with Crippen LogP contribution in [-0.2, 0) is 0 Å². The summed E-state index contributed by atoms with van der Waals surface area (Å²) in [4.78, 5) is 24.0. The summed E-state index contributed by atoms with van der Waals surface area (Å²) in [5, 5.41) is 12.4. The molecule has 3 rings (SSSR count). The van der Waals surface area contributed by atoms with Crippen molar-refractivity contribution >= 4 is 46.3 Å². The highest BCUT2D eigenvalue weighted by Gasteiger charge is 2.18. The Balaban J connectivity index is 1.91. The number of carboxylic acid groups (broad SMARTS) is 1. The number of ketones is 1. The molecule has 0 aliphatic rings. The summed E-state index contributed by atoms with van der Waals surface area (Å²) in [7, 11) is 0. The molecule has 142 valence electrons. The zero-order valence-electron chi connectivity index (χ0n) is 14.6. The number of nitrogens with one attached hydrogen (secondary N) is 1. The average molecular weight is 418 g/mol. The van der Waals surface area contributed by atoms with Crippen molar-refractivity contribution in [3.63, 3.8) is 0 Å². The lowest BCUT2D eigenvalue weighted by atomic mass is 9.96. The van der Waals surface area contributed by atoms with Gasteiger partial charge in [0.05, 0.1) is 16.3 Å². The lowest BCUT2D eigenvalue weighted by molar-refractivity contribution is 0.0697. The number of carboxylic acids is 1. The van der Waals surface area contributed by atoms with Crippen molar-refractivity contribution in [2.75, 3.05) is 5.32 Å². The molecule has 0 heterocycles. The van der Waals surface area contributed by atoms with Crippen LogP contribution in [0.1, 0.15) is 31.8 Å². The Morgan fingerprint density at radius 1 is 0.964 bits per heavy atom. The Hall–Kier alpha value is -2.89. The molecule has 0 spiro atoms. The molecule has 0 saturated heterocycles. The van der Waals surface area contributed by atoms with Gasteiger partial charge in [-0.25, -0.2) is 9.18 Å². The second-order valence-electron chi connectivity index (χ2n) is 6.11. The van der Waals surface area contributed by atoms with Crippen LogP contribution in [-0.4, -0.2) is 16.9 Å². The maximum absolute atomic E-state index is 13.9. The fourth-order valence-electron chi connectivity index (χ4n) is 2.67. The van der Waals surface area contributed by atoms with Gasteiger partial charge >= 0.3 is 5.97 Å². The molecule has 0 aliphatic carbocycles. The molecular formula is C21H14Cl2FNO3. The number of benzene rings is 3. The number of carbonyl (C=O) groups is 2. The van der Waals surface area contributed by atoms with Gasteiger partial charge in [0, 0.05) is 21.8 Å². The van der Waals surface area contributed by atoms with Crippen molar-refractivity contribution in [3.8, 4) is 0 Å². The Morgan fingerprint density at radius 3 is 2.36 bits per heavy atom. The molecule has 2 N–H and O–H groups in total. The van der Waals surface area contributed by atoms with Gasteiger partial charge in [0.25, 0.3) is 0 Å². The monoisotopic (exact) mass is 417 g/mol. The lowest BCUT2D eigenvalue weighted by Gasteiger charge is -2.11. The van der Waals surface area contributed by atoms with E-state index in [-0.39, 0.29) is 32.4 Å². The van der Waals surface area contributed by atoms with Gasteiger partial charge in [-0.15, -0.1) is 0 Å². The van der Waals surface area contributed by atoms with Gasteiger partial charge in [0.15, 0.2) is 5.78 Å². The summed E-state index contributed by atoms with van der Waals surface area (Å²) in [6, 6.07) is 13.1. The Kier molecular flexibility index (Phi) is 5.68. The molecule has 0 bridgehead atoms. The van der Waals surface area contributed by atoms with Crippen LogP contribution in [0.15, 0.2) is 54.6 Å². The maximum atomic E-state index is 13.9. The Morgan fingerprint density at radius 2 is 1.71 bits per heavy atom. The van der Waals surface area contributed by atoms with Crippen molar-refractivity contribution in [1.29, 1.82) is 0 Å². The summed E-state index contributed by atoms with van der Waals surface area (Å²) < 4.78 is 13.9. The van der Waals surface area contributed by atoms with E-state index in [1.165, 1.54) is 36.4 Å². The minimum absolute atomic E-state index is 0.0153. The normalized spacial score (nSPS) is 10.6. The molecule has 0 saturated carbocycles. The number of rotatable bonds is 5. The van der Waals surface area contributed by atoms with Gasteiger partial charge in [-0.2, -0.15) is 0 Å². The van der Waals surface area contributed by atoms with E-state index in [1.54, 1.807) is 25.1 Å². The zero-order valence-corrected chi connectivity index (χ0v) is 16.1. The van der Waals surface area contributed by atoms with Crippen LogP contribution < -0.4 is 5.32 Å². The second kappa shape index (κ2) is 8.00. The molecule has 4 nitrogen and oxygen atoms in total. The summed E-state index contributed by atoms with van der Waals surface area (Å²) in [6.07, 6.45) is 0. The third kappa shape index (κ3) is 4.16. The van der Waals surface area contributed by atoms with Gasteiger partial charge < -0.3 is 10.4 Å². The first-order chi connectivity index (χ1) is 13.3. The molecule has 28 heavy (non-hydrogen) atoms. The SMILES string of the molecule is Cc1ccc(C(=O)O)cc1C(=O)c1ccc(Nc2ccc(Cl)cc2F)cc1Cl. The lowest BCUT2D eigenvalue weighted by Crippen LogP contribution is -2.07. The molecule has 0 fully saturated rings.